The molecular weight excluding hydrogens is 369 g/mol. The lowest BCUT2D eigenvalue weighted by molar-refractivity contribution is 0.461. The molecule has 0 spiro atoms. The molecule has 0 radical (unpaired) electrons. The van der Waals surface area contributed by atoms with E-state index in [1.54, 1.807) is 0 Å². The topological polar surface area (TPSA) is 46.2 Å². The first-order valence-corrected chi connectivity index (χ1v) is 6.04. The van der Waals surface area contributed by atoms with Gasteiger partial charge in [-0.25, -0.2) is 0 Å². The molecule has 2 nitrogen and oxygen atoms in total. The van der Waals surface area contributed by atoms with Crippen molar-refractivity contribution in [1.29, 1.82) is 0 Å². The zero-order valence-electron chi connectivity index (χ0n) is 8.42. The first kappa shape index (κ1) is 13.3. The molecule has 0 saturated carbocycles. The first-order chi connectivity index (χ1) is 6.74. The van der Waals surface area contributed by atoms with Crippen LogP contribution in [0.4, 0.5) is 0 Å². The molecule has 3 N–H and O–H groups in total. The van der Waals surface area contributed by atoms with E-state index in [4.69, 9.17) is 5.73 Å². The molecule has 1 aliphatic rings. The smallest absolute Gasteiger partial charge is 0.133 e. The SMILES string of the molecule is Br.NCc1c(O)c(I)cc2c1CCCC2. The van der Waals surface area contributed by atoms with Crippen LogP contribution >= 0.6 is 39.6 Å². The van der Waals surface area contributed by atoms with E-state index in [0.717, 1.165) is 22.0 Å². The van der Waals surface area contributed by atoms with Crippen LogP contribution < -0.4 is 5.73 Å². The van der Waals surface area contributed by atoms with Crippen molar-refractivity contribution >= 4 is 39.6 Å². The molecule has 0 unspecified atom stereocenters. The van der Waals surface area contributed by atoms with E-state index >= 15 is 0 Å². The fourth-order valence-electron chi connectivity index (χ4n) is 2.16. The lowest BCUT2D eigenvalue weighted by atomic mass is 9.88. The Bertz CT molecular complexity index is 368. The lowest BCUT2D eigenvalue weighted by Crippen LogP contribution is -2.10. The third-order valence-electron chi connectivity index (χ3n) is 2.89. The number of rotatable bonds is 1. The standard InChI is InChI=1S/C11H14INO.BrH/c12-10-5-7-3-1-2-4-8(7)9(6-13)11(10)14;/h5,14H,1-4,6,13H2;1H. The Hall–Kier alpha value is 0.190. The summed E-state index contributed by atoms with van der Waals surface area (Å²) in [5.41, 5.74) is 9.34. The Morgan fingerprint density at radius 2 is 2.00 bits per heavy atom. The number of nitrogens with two attached hydrogens (primary N) is 1. The summed E-state index contributed by atoms with van der Waals surface area (Å²) in [7, 11) is 0. The molecule has 0 bridgehead atoms. The molecule has 15 heavy (non-hydrogen) atoms. The summed E-state index contributed by atoms with van der Waals surface area (Å²) in [5, 5.41) is 9.87. The quantitative estimate of drug-likeness (QED) is 0.732. The normalized spacial score (nSPS) is 14.3. The van der Waals surface area contributed by atoms with Crippen molar-refractivity contribution in [2.75, 3.05) is 0 Å². The van der Waals surface area contributed by atoms with Crippen molar-refractivity contribution < 1.29 is 5.11 Å². The number of hydrogen-bond donors (Lipinski definition) is 2. The van der Waals surface area contributed by atoms with Crippen molar-refractivity contribution in [1.82, 2.24) is 0 Å². The van der Waals surface area contributed by atoms with Gasteiger partial charge in [0.05, 0.1) is 3.57 Å². The van der Waals surface area contributed by atoms with Gasteiger partial charge in [0.2, 0.25) is 0 Å². The number of aryl methyl sites for hydroxylation is 1. The second-order valence-electron chi connectivity index (χ2n) is 3.73. The van der Waals surface area contributed by atoms with Gasteiger partial charge in [-0.1, -0.05) is 0 Å². The molecular formula is C11H15BrINO. The number of halogens is 2. The summed E-state index contributed by atoms with van der Waals surface area (Å²) in [4.78, 5) is 0. The highest BCUT2D eigenvalue weighted by Crippen LogP contribution is 2.34. The van der Waals surface area contributed by atoms with Crippen LogP contribution in [0.2, 0.25) is 0 Å². The third kappa shape index (κ3) is 2.47. The number of phenolic OH excluding ortho intramolecular Hbond substituents is 1. The Balaban J connectivity index is 0.00000112. The van der Waals surface area contributed by atoms with Crippen LogP contribution in [0.25, 0.3) is 0 Å². The van der Waals surface area contributed by atoms with Crippen LogP contribution in [0.3, 0.4) is 0 Å². The summed E-state index contributed by atoms with van der Waals surface area (Å²) < 4.78 is 0.934. The average Bonchev–Trinajstić information content (AvgIpc) is 2.20. The van der Waals surface area contributed by atoms with Gasteiger partial charge in [0.15, 0.2) is 0 Å². The van der Waals surface area contributed by atoms with Gasteiger partial charge >= 0.3 is 0 Å². The highest BCUT2D eigenvalue weighted by molar-refractivity contribution is 14.1. The molecule has 0 aliphatic heterocycles. The van der Waals surface area contributed by atoms with E-state index in [1.807, 2.05) is 0 Å². The van der Waals surface area contributed by atoms with Crippen LogP contribution in [-0.4, -0.2) is 5.11 Å². The van der Waals surface area contributed by atoms with Gasteiger partial charge in [0, 0.05) is 12.1 Å². The van der Waals surface area contributed by atoms with Gasteiger partial charge in [-0.2, -0.15) is 0 Å². The molecule has 1 aromatic rings. The Labute approximate surface area is 114 Å². The Kier molecular flexibility index (Phi) is 4.86. The molecule has 0 aromatic heterocycles. The van der Waals surface area contributed by atoms with Crippen molar-refractivity contribution in [2.24, 2.45) is 5.73 Å². The van der Waals surface area contributed by atoms with Crippen molar-refractivity contribution in [3.63, 3.8) is 0 Å². The Morgan fingerprint density at radius 3 is 2.67 bits per heavy atom. The van der Waals surface area contributed by atoms with Crippen LogP contribution in [0.5, 0.6) is 5.75 Å². The molecule has 0 atom stereocenters. The maximum Gasteiger partial charge on any atom is 0.133 e. The molecule has 0 amide bonds. The van der Waals surface area contributed by atoms with Crippen LogP contribution in [0.15, 0.2) is 6.07 Å². The third-order valence-corrected chi connectivity index (χ3v) is 3.71. The minimum atomic E-state index is 0. The number of aromatic hydroxyl groups is 1. The van der Waals surface area contributed by atoms with Gasteiger partial charge in [-0.05, 0) is 65.5 Å². The lowest BCUT2D eigenvalue weighted by Gasteiger charge is -2.20. The number of benzene rings is 1. The van der Waals surface area contributed by atoms with Crippen LogP contribution in [0, 0.1) is 3.57 Å². The van der Waals surface area contributed by atoms with E-state index in [2.05, 4.69) is 28.7 Å². The van der Waals surface area contributed by atoms with E-state index in [0.29, 0.717) is 12.3 Å². The molecule has 0 saturated heterocycles. The van der Waals surface area contributed by atoms with Gasteiger partial charge < -0.3 is 10.8 Å². The van der Waals surface area contributed by atoms with E-state index < -0.39 is 0 Å². The minimum Gasteiger partial charge on any atom is -0.506 e. The van der Waals surface area contributed by atoms with E-state index in [9.17, 15) is 5.11 Å². The number of hydrogen-bond acceptors (Lipinski definition) is 2. The number of fused-ring (bicyclic) bond motifs is 1. The van der Waals surface area contributed by atoms with E-state index in [1.165, 1.54) is 24.0 Å². The number of phenols is 1. The molecule has 2 rings (SSSR count). The highest BCUT2D eigenvalue weighted by atomic mass is 127. The first-order valence-electron chi connectivity index (χ1n) is 4.96. The molecule has 4 heteroatoms. The predicted molar refractivity (Wildman–Crippen MR) is 75.7 cm³/mol. The van der Waals surface area contributed by atoms with E-state index in [-0.39, 0.29) is 17.0 Å². The van der Waals surface area contributed by atoms with Gasteiger partial charge in [0.1, 0.15) is 5.75 Å². The monoisotopic (exact) mass is 383 g/mol. The van der Waals surface area contributed by atoms with Crippen molar-refractivity contribution in [2.45, 2.75) is 32.2 Å². The van der Waals surface area contributed by atoms with Gasteiger partial charge in [-0.15, -0.1) is 17.0 Å². The highest BCUT2D eigenvalue weighted by Gasteiger charge is 2.17. The zero-order valence-corrected chi connectivity index (χ0v) is 12.3. The Morgan fingerprint density at radius 1 is 1.33 bits per heavy atom. The van der Waals surface area contributed by atoms with Crippen molar-refractivity contribution in [3.05, 3.63) is 26.3 Å². The van der Waals surface area contributed by atoms with Crippen LogP contribution in [-0.2, 0) is 19.4 Å². The zero-order chi connectivity index (χ0) is 10.1. The second kappa shape index (κ2) is 5.50. The molecule has 0 fully saturated rings. The van der Waals surface area contributed by atoms with Crippen LogP contribution in [0.1, 0.15) is 29.5 Å². The predicted octanol–water partition coefficient (Wildman–Crippen LogP) is 2.91. The maximum absolute atomic E-state index is 9.87. The van der Waals surface area contributed by atoms with Gasteiger partial charge in [-0.3, -0.25) is 0 Å². The summed E-state index contributed by atoms with van der Waals surface area (Å²) in [6.07, 6.45) is 4.70. The largest absolute Gasteiger partial charge is 0.506 e. The average molecular weight is 384 g/mol. The summed E-state index contributed by atoms with van der Waals surface area (Å²) >= 11 is 2.17. The summed E-state index contributed by atoms with van der Waals surface area (Å²) in [6.45, 7) is 0.449. The molecule has 1 aliphatic carbocycles. The molecule has 84 valence electrons. The molecule has 0 heterocycles. The fraction of sp³-hybridized carbons (Fsp3) is 0.455. The second-order valence-corrected chi connectivity index (χ2v) is 4.90. The summed E-state index contributed by atoms with van der Waals surface area (Å²) in [5.74, 6) is 0.397. The minimum absolute atomic E-state index is 0. The summed E-state index contributed by atoms with van der Waals surface area (Å²) in [6, 6.07) is 2.10. The fourth-order valence-corrected chi connectivity index (χ4v) is 2.86. The molecule has 1 aromatic carbocycles. The van der Waals surface area contributed by atoms with Crippen molar-refractivity contribution in [3.8, 4) is 5.75 Å². The van der Waals surface area contributed by atoms with Gasteiger partial charge in [0.25, 0.3) is 0 Å². The maximum atomic E-state index is 9.87.